The normalized spacial score (nSPS) is 12.0. The molecule has 0 amide bonds. The van der Waals surface area contributed by atoms with Crippen LogP contribution >= 0.6 is 11.3 Å². The number of hydrogen-bond acceptors (Lipinski definition) is 2. The number of rotatable bonds is 2. The molecular weight excluding hydrogens is 446 g/mol. The minimum Gasteiger partial charge on any atom is -0.309 e. The molecule has 3 nitrogen and oxygen atoms in total. The molecular formula is C31H19N3S. The van der Waals surface area contributed by atoms with Gasteiger partial charge in [-0.3, -0.25) is 0 Å². The van der Waals surface area contributed by atoms with E-state index in [9.17, 15) is 0 Å². The molecule has 164 valence electrons. The van der Waals surface area contributed by atoms with E-state index in [2.05, 4.69) is 123 Å². The monoisotopic (exact) mass is 465 g/mol. The molecule has 4 aromatic carbocycles. The van der Waals surface area contributed by atoms with Crippen molar-refractivity contribution in [3.05, 3.63) is 115 Å². The zero-order valence-electron chi connectivity index (χ0n) is 18.7. The van der Waals surface area contributed by atoms with Gasteiger partial charge in [0.25, 0.3) is 0 Å². The van der Waals surface area contributed by atoms with E-state index in [1.165, 1.54) is 59.6 Å². The van der Waals surface area contributed by atoms with Crippen molar-refractivity contribution in [1.29, 1.82) is 0 Å². The lowest BCUT2D eigenvalue weighted by molar-refractivity contribution is 1.01. The van der Waals surface area contributed by atoms with Gasteiger partial charge in [-0.05, 0) is 65.0 Å². The lowest BCUT2D eigenvalue weighted by Gasteiger charge is -2.11. The standard InChI is InChI=1S/C31H19N3S/c1-3-10-27-23(8-1)24-9-2-4-11-28(24)33(27)22-7-5-6-20(18-22)21-12-13-29-26(19-21)25-15-17-35-31(25)30-14-16-32-34(29)30/h1-19H. The Kier molecular flexibility index (Phi) is 3.82. The van der Waals surface area contributed by atoms with Gasteiger partial charge in [0.1, 0.15) is 0 Å². The van der Waals surface area contributed by atoms with Crippen molar-refractivity contribution >= 4 is 59.6 Å². The van der Waals surface area contributed by atoms with Crippen molar-refractivity contribution in [3.63, 3.8) is 0 Å². The summed E-state index contributed by atoms with van der Waals surface area (Å²) in [4.78, 5) is 0. The second-order valence-corrected chi connectivity index (χ2v) is 9.86. The first-order valence-electron chi connectivity index (χ1n) is 11.7. The van der Waals surface area contributed by atoms with Crippen molar-refractivity contribution < 1.29 is 0 Å². The predicted octanol–water partition coefficient (Wildman–Crippen LogP) is 8.47. The average molecular weight is 466 g/mol. The van der Waals surface area contributed by atoms with Gasteiger partial charge >= 0.3 is 0 Å². The highest BCUT2D eigenvalue weighted by atomic mass is 32.1. The number of hydrogen-bond donors (Lipinski definition) is 0. The molecule has 0 radical (unpaired) electrons. The summed E-state index contributed by atoms with van der Waals surface area (Å²) < 4.78 is 5.72. The van der Waals surface area contributed by atoms with Gasteiger partial charge in [0.15, 0.2) is 0 Å². The smallest absolute Gasteiger partial charge is 0.0847 e. The fourth-order valence-electron chi connectivity index (χ4n) is 5.53. The Morgan fingerprint density at radius 1 is 0.543 bits per heavy atom. The van der Waals surface area contributed by atoms with Crippen LogP contribution in [0.1, 0.15) is 0 Å². The Morgan fingerprint density at radius 2 is 1.31 bits per heavy atom. The van der Waals surface area contributed by atoms with Gasteiger partial charge in [0.2, 0.25) is 0 Å². The summed E-state index contributed by atoms with van der Waals surface area (Å²) in [5, 5.41) is 11.9. The molecule has 8 aromatic rings. The molecule has 35 heavy (non-hydrogen) atoms. The third-order valence-electron chi connectivity index (χ3n) is 7.07. The van der Waals surface area contributed by atoms with Crippen LogP contribution in [0.3, 0.4) is 0 Å². The number of nitrogens with zero attached hydrogens (tertiary/aromatic N) is 3. The van der Waals surface area contributed by atoms with E-state index in [0.717, 1.165) is 5.52 Å². The number of thiophene rings is 1. The molecule has 0 spiro atoms. The minimum atomic E-state index is 1.14. The zero-order chi connectivity index (χ0) is 22.9. The van der Waals surface area contributed by atoms with Gasteiger partial charge in [-0.2, -0.15) is 5.10 Å². The van der Waals surface area contributed by atoms with Gasteiger partial charge in [-0.25, -0.2) is 4.52 Å². The molecule has 4 heterocycles. The minimum absolute atomic E-state index is 1.14. The summed E-state index contributed by atoms with van der Waals surface area (Å²) in [6.45, 7) is 0. The number of benzene rings is 4. The van der Waals surface area contributed by atoms with Gasteiger partial charge < -0.3 is 4.57 Å². The van der Waals surface area contributed by atoms with Crippen LogP contribution in [-0.2, 0) is 0 Å². The Bertz CT molecular complexity index is 2020. The van der Waals surface area contributed by atoms with E-state index in [4.69, 9.17) is 0 Å². The maximum Gasteiger partial charge on any atom is 0.0847 e. The molecule has 0 aliphatic heterocycles. The van der Waals surface area contributed by atoms with Crippen LogP contribution < -0.4 is 0 Å². The van der Waals surface area contributed by atoms with Crippen LogP contribution in [0.15, 0.2) is 115 Å². The molecule has 0 N–H and O–H groups in total. The lowest BCUT2D eigenvalue weighted by atomic mass is 10.0. The fraction of sp³-hybridized carbons (Fsp3) is 0. The summed E-state index contributed by atoms with van der Waals surface area (Å²) in [6, 6.07) is 37.2. The molecule has 8 rings (SSSR count). The topological polar surface area (TPSA) is 22.2 Å². The Labute approximate surface area is 205 Å². The van der Waals surface area contributed by atoms with Crippen molar-refractivity contribution in [2.75, 3.05) is 0 Å². The van der Waals surface area contributed by atoms with Crippen LogP contribution in [0, 0.1) is 0 Å². The van der Waals surface area contributed by atoms with Crippen molar-refractivity contribution in [3.8, 4) is 16.8 Å². The van der Waals surface area contributed by atoms with E-state index in [0.29, 0.717) is 0 Å². The second kappa shape index (κ2) is 7.05. The number of fused-ring (bicyclic) bond motifs is 9. The summed E-state index contributed by atoms with van der Waals surface area (Å²) in [5.74, 6) is 0. The molecule has 0 aliphatic carbocycles. The zero-order valence-corrected chi connectivity index (χ0v) is 19.5. The molecule has 0 atom stereocenters. The van der Waals surface area contributed by atoms with Gasteiger partial charge in [0.05, 0.1) is 33.0 Å². The van der Waals surface area contributed by atoms with E-state index >= 15 is 0 Å². The van der Waals surface area contributed by atoms with Gasteiger partial charge in [-0.15, -0.1) is 11.3 Å². The predicted molar refractivity (Wildman–Crippen MR) is 148 cm³/mol. The number of aromatic nitrogens is 3. The van der Waals surface area contributed by atoms with Crippen LogP contribution in [0.2, 0.25) is 0 Å². The van der Waals surface area contributed by atoms with E-state index in [-0.39, 0.29) is 0 Å². The summed E-state index contributed by atoms with van der Waals surface area (Å²) in [5.41, 5.74) is 8.34. The highest BCUT2D eigenvalue weighted by Gasteiger charge is 2.14. The largest absolute Gasteiger partial charge is 0.309 e. The van der Waals surface area contributed by atoms with Crippen molar-refractivity contribution in [2.24, 2.45) is 0 Å². The fourth-order valence-corrected chi connectivity index (χ4v) is 6.45. The first kappa shape index (κ1) is 19.0. The summed E-state index contributed by atoms with van der Waals surface area (Å²) in [7, 11) is 0. The maximum absolute atomic E-state index is 4.60. The van der Waals surface area contributed by atoms with Crippen molar-refractivity contribution in [2.45, 2.75) is 0 Å². The van der Waals surface area contributed by atoms with Crippen LogP contribution in [-0.4, -0.2) is 14.2 Å². The Hall–Kier alpha value is -4.41. The molecule has 0 bridgehead atoms. The number of para-hydroxylation sites is 2. The van der Waals surface area contributed by atoms with Crippen molar-refractivity contribution in [1.82, 2.24) is 14.2 Å². The van der Waals surface area contributed by atoms with Crippen LogP contribution in [0.4, 0.5) is 0 Å². The maximum atomic E-state index is 4.60. The highest BCUT2D eigenvalue weighted by Crippen LogP contribution is 2.36. The third-order valence-corrected chi connectivity index (χ3v) is 8.01. The number of pyridine rings is 1. The van der Waals surface area contributed by atoms with Gasteiger partial charge in [-0.1, -0.05) is 54.6 Å². The molecule has 0 unspecified atom stereocenters. The first-order valence-corrected chi connectivity index (χ1v) is 12.6. The van der Waals surface area contributed by atoms with Crippen LogP contribution in [0.25, 0.3) is 65.1 Å². The average Bonchev–Trinajstić information content (AvgIpc) is 3.66. The Morgan fingerprint density at radius 3 is 2.14 bits per heavy atom. The molecule has 0 saturated heterocycles. The third kappa shape index (κ3) is 2.63. The highest BCUT2D eigenvalue weighted by molar-refractivity contribution is 7.18. The molecule has 0 saturated carbocycles. The lowest BCUT2D eigenvalue weighted by Crippen LogP contribution is -1.94. The van der Waals surface area contributed by atoms with Gasteiger partial charge in [0, 0.05) is 27.2 Å². The molecule has 0 aliphatic rings. The van der Waals surface area contributed by atoms with E-state index in [1.807, 2.05) is 6.20 Å². The molecule has 4 aromatic heterocycles. The second-order valence-electron chi connectivity index (χ2n) is 8.94. The quantitative estimate of drug-likeness (QED) is 0.251. The van der Waals surface area contributed by atoms with E-state index in [1.54, 1.807) is 11.3 Å². The SMILES string of the molecule is c1cc(-c2ccc3c(c2)c2ccsc2c2ccnn32)cc(-n2c3ccccc3c3ccccc32)c1. The van der Waals surface area contributed by atoms with Crippen LogP contribution in [0.5, 0.6) is 0 Å². The van der Waals surface area contributed by atoms with E-state index < -0.39 is 0 Å². The summed E-state index contributed by atoms with van der Waals surface area (Å²) in [6.07, 6.45) is 1.89. The molecule has 4 heteroatoms. The Balaban J connectivity index is 1.37. The first-order chi connectivity index (χ1) is 17.4. The molecule has 0 fully saturated rings. The summed E-state index contributed by atoms with van der Waals surface area (Å²) >= 11 is 1.78.